The Morgan fingerprint density at radius 1 is 0.966 bits per heavy atom. The van der Waals surface area contributed by atoms with Crippen LogP contribution < -0.4 is 4.72 Å². The second-order valence-corrected chi connectivity index (χ2v) is 8.20. The van der Waals surface area contributed by atoms with Crippen LogP contribution in [0.4, 0.5) is 5.69 Å². The van der Waals surface area contributed by atoms with Crippen LogP contribution in [-0.2, 0) is 40.3 Å². The summed E-state index contributed by atoms with van der Waals surface area (Å²) in [5, 5.41) is 10.7. The standard InChI is InChI=1S/C20H20N2O6S/c23-22(24)19-8-6-16(7-9-19)15-29(25,26)21-12-17-3-1-4-18(11-17)13-27-14-20-5-2-10-28-20/h1-11,21H,12-15H2. The van der Waals surface area contributed by atoms with E-state index < -0.39 is 14.9 Å². The lowest BCUT2D eigenvalue weighted by Gasteiger charge is -2.09. The van der Waals surface area contributed by atoms with Gasteiger partial charge in [0.1, 0.15) is 12.4 Å². The number of nitrogens with one attached hydrogen (secondary N) is 1. The fourth-order valence-electron chi connectivity index (χ4n) is 2.67. The summed E-state index contributed by atoms with van der Waals surface area (Å²) in [6.07, 6.45) is 1.59. The monoisotopic (exact) mass is 416 g/mol. The van der Waals surface area contributed by atoms with E-state index in [2.05, 4.69) is 4.72 Å². The van der Waals surface area contributed by atoms with Gasteiger partial charge in [-0.3, -0.25) is 10.1 Å². The zero-order valence-corrected chi connectivity index (χ0v) is 16.3. The molecule has 8 nitrogen and oxygen atoms in total. The van der Waals surface area contributed by atoms with Crippen molar-refractivity contribution in [3.05, 3.63) is 99.5 Å². The van der Waals surface area contributed by atoms with Crippen LogP contribution in [0.5, 0.6) is 0 Å². The van der Waals surface area contributed by atoms with Gasteiger partial charge in [0.05, 0.1) is 23.5 Å². The van der Waals surface area contributed by atoms with Crippen molar-refractivity contribution >= 4 is 15.7 Å². The number of nitro benzene ring substituents is 1. The molecule has 0 aliphatic heterocycles. The molecule has 0 saturated carbocycles. The summed E-state index contributed by atoms with van der Waals surface area (Å²) >= 11 is 0. The lowest BCUT2D eigenvalue weighted by molar-refractivity contribution is -0.384. The van der Waals surface area contributed by atoms with Crippen molar-refractivity contribution in [1.29, 1.82) is 0 Å². The third kappa shape index (κ3) is 6.53. The number of sulfonamides is 1. The smallest absolute Gasteiger partial charge is 0.269 e. The van der Waals surface area contributed by atoms with Crippen LogP contribution in [0.25, 0.3) is 0 Å². The highest BCUT2D eigenvalue weighted by atomic mass is 32.2. The highest BCUT2D eigenvalue weighted by molar-refractivity contribution is 7.88. The van der Waals surface area contributed by atoms with Gasteiger partial charge in [0.2, 0.25) is 10.0 Å². The van der Waals surface area contributed by atoms with Gasteiger partial charge in [0.25, 0.3) is 5.69 Å². The van der Waals surface area contributed by atoms with Gasteiger partial charge in [-0.15, -0.1) is 0 Å². The molecule has 3 aromatic rings. The molecule has 9 heteroatoms. The second-order valence-electron chi connectivity index (χ2n) is 6.40. The van der Waals surface area contributed by atoms with Crippen molar-refractivity contribution in [3.8, 4) is 0 Å². The Bertz CT molecular complexity index is 1050. The lowest BCUT2D eigenvalue weighted by Crippen LogP contribution is -2.24. The van der Waals surface area contributed by atoms with E-state index >= 15 is 0 Å². The third-order valence-electron chi connectivity index (χ3n) is 4.08. The Kier molecular flexibility index (Phi) is 6.76. The minimum Gasteiger partial charge on any atom is -0.467 e. The van der Waals surface area contributed by atoms with E-state index in [1.54, 1.807) is 12.3 Å². The van der Waals surface area contributed by atoms with Crippen LogP contribution in [0, 0.1) is 10.1 Å². The molecule has 2 aromatic carbocycles. The summed E-state index contributed by atoms with van der Waals surface area (Å²) in [5.41, 5.74) is 2.12. The van der Waals surface area contributed by atoms with Crippen LogP contribution in [-0.4, -0.2) is 13.3 Å². The minimum atomic E-state index is -3.59. The molecular formula is C20H20N2O6S. The maximum atomic E-state index is 12.3. The molecule has 0 amide bonds. The Labute approximate surface area is 168 Å². The number of rotatable bonds is 10. The fourth-order valence-corrected chi connectivity index (χ4v) is 3.79. The van der Waals surface area contributed by atoms with Crippen LogP contribution in [0.1, 0.15) is 22.5 Å². The molecule has 1 aromatic heterocycles. The van der Waals surface area contributed by atoms with Gasteiger partial charge in [-0.25, -0.2) is 13.1 Å². The maximum Gasteiger partial charge on any atom is 0.269 e. The van der Waals surface area contributed by atoms with Crippen molar-refractivity contribution in [2.24, 2.45) is 0 Å². The van der Waals surface area contributed by atoms with Crippen molar-refractivity contribution < 1.29 is 22.5 Å². The van der Waals surface area contributed by atoms with E-state index in [1.165, 1.54) is 24.3 Å². The normalized spacial score (nSPS) is 11.4. The number of hydrogen-bond donors (Lipinski definition) is 1. The van der Waals surface area contributed by atoms with Gasteiger partial charge in [0.15, 0.2) is 0 Å². The van der Waals surface area contributed by atoms with E-state index in [9.17, 15) is 18.5 Å². The lowest BCUT2D eigenvalue weighted by atomic mass is 10.1. The average molecular weight is 416 g/mol. The summed E-state index contributed by atoms with van der Waals surface area (Å²) in [6.45, 7) is 0.879. The van der Waals surface area contributed by atoms with E-state index in [1.807, 2.05) is 30.3 Å². The molecule has 0 aliphatic rings. The first-order chi connectivity index (χ1) is 13.9. The maximum absolute atomic E-state index is 12.3. The van der Waals surface area contributed by atoms with Crippen LogP contribution >= 0.6 is 0 Å². The first kappa shape index (κ1) is 20.7. The number of hydrogen-bond acceptors (Lipinski definition) is 6. The largest absolute Gasteiger partial charge is 0.467 e. The number of furan rings is 1. The molecule has 0 saturated heterocycles. The zero-order valence-electron chi connectivity index (χ0n) is 15.5. The number of ether oxygens (including phenoxy) is 1. The predicted molar refractivity (Wildman–Crippen MR) is 106 cm³/mol. The summed E-state index contributed by atoms with van der Waals surface area (Å²) in [5.74, 6) is 0.483. The van der Waals surface area contributed by atoms with Crippen LogP contribution in [0.3, 0.4) is 0 Å². The Hall–Kier alpha value is -3.01. The fraction of sp³-hybridized carbons (Fsp3) is 0.200. The van der Waals surface area contributed by atoms with Gasteiger partial charge in [-0.1, -0.05) is 36.4 Å². The number of benzene rings is 2. The quantitative estimate of drug-likeness (QED) is 0.400. The molecular weight excluding hydrogens is 396 g/mol. The van der Waals surface area contributed by atoms with Gasteiger partial charge in [0, 0.05) is 18.7 Å². The summed E-state index contributed by atoms with van der Waals surface area (Å²) in [7, 11) is -3.59. The molecule has 152 valence electrons. The van der Waals surface area contributed by atoms with E-state index in [0.717, 1.165) is 16.9 Å². The highest BCUT2D eigenvalue weighted by Gasteiger charge is 2.13. The van der Waals surface area contributed by atoms with Crippen molar-refractivity contribution in [3.63, 3.8) is 0 Å². The summed E-state index contributed by atoms with van der Waals surface area (Å²) in [4.78, 5) is 10.1. The van der Waals surface area contributed by atoms with Gasteiger partial charge in [-0.2, -0.15) is 0 Å². The molecule has 0 aliphatic carbocycles. The Morgan fingerprint density at radius 2 is 1.72 bits per heavy atom. The molecule has 1 N–H and O–H groups in total. The van der Waals surface area contributed by atoms with Gasteiger partial charge >= 0.3 is 0 Å². The molecule has 29 heavy (non-hydrogen) atoms. The van der Waals surface area contributed by atoms with Crippen LogP contribution in [0.15, 0.2) is 71.3 Å². The molecule has 0 spiro atoms. The van der Waals surface area contributed by atoms with Gasteiger partial charge < -0.3 is 9.15 Å². The van der Waals surface area contributed by atoms with Crippen molar-refractivity contribution in [1.82, 2.24) is 4.72 Å². The number of nitro groups is 1. The molecule has 1 heterocycles. The first-order valence-corrected chi connectivity index (χ1v) is 10.5. The average Bonchev–Trinajstić information content (AvgIpc) is 3.20. The van der Waals surface area contributed by atoms with E-state index in [-0.39, 0.29) is 18.0 Å². The van der Waals surface area contributed by atoms with E-state index in [4.69, 9.17) is 9.15 Å². The highest BCUT2D eigenvalue weighted by Crippen LogP contribution is 2.14. The second kappa shape index (κ2) is 9.46. The number of non-ortho nitro benzene ring substituents is 1. The summed E-state index contributed by atoms with van der Waals surface area (Å²) < 4.78 is 37.9. The SMILES string of the molecule is O=[N+]([O-])c1ccc(CS(=O)(=O)NCc2cccc(COCc3ccco3)c2)cc1. The first-order valence-electron chi connectivity index (χ1n) is 8.80. The van der Waals surface area contributed by atoms with Gasteiger partial charge in [-0.05, 0) is 28.8 Å². The van der Waals surface area contributed by atoms with Crippen LogP contribution in [0.2, 0.25) is 0 Å². The minimum absolute atomic E-state index is 0.0785. The third-order valence-corrected chi connectivity index (χ3v) is 5.38. The Morgan fingerprint density at radius 3 is 2.41 bits per heavy atom. The molecule has 0 fully saturated rings. The molecule has 0 bridgehead atoms. The van der Waals surface area contributed by atoms with E-state index in [0.29, 0.717) is 18.8 Å². The number of nitrogens with zero attached hydrogens (tertiary/aromatic N) is 1. The van der Waals surface area contributed by atoms with Crippen molar-refractivity contribution in [2.75, 3.05) is 0 Å². The Balaban J connectivity index is 1.52. The summed E-state index contributed by atoms with van der Waals surface area (Å²) in [6, 6.07) is 16.5. The predicted octanol–water partition coefficient (Wildman–Crippen LogP) is 3.52. The molecule has 0 atom stereocenters. The molecule has 0 radical (unpaired) electrons. The zero-order chi connectivity index (χ0) is 20.7. The molecule has 3 rings (SSSR count). The van der Waals surface area contributed by atoms with Crippen molar-refractivity contribution in [2.45, 2.75) is 25.5 Å². The topological polar surface area (TPSA) is 112 Å². The molecule has 0 unspecified atom stereocenters.